The standard InChI is InChI=1S/C11H10N2O3S/c12-7-17-6-11(14)13-8-1-2-9-10(5-8)16-4-3-15-9/h1-2,5H,3-4,6H2,(H,13,14). The van der Waals surface area contributed by atoms with E-state index in [9.17, 15) is 4.79 Å². The molecule has 17 heavy (non-hydrogen) atoms. The summed E-state index contributed by atoms with van der Waals surface area (Å²) in [5.74, 6) is 1.21. The fraction of sp³-hybridized carbons (Fsp3) is 0.273. The molecule has 1 amide bonds. The van der Waals surface area contributed by atoms with Gasteiger partial charge in [-0.25, -0.2) is 0 Å². The van der Waals surface area contributed by atoms with Gasteiger partial charge in [0.2, 0.25) is 5.91 Å². The van der Waals surface area contributed by atoms with Gasteiger partial charge in [0.15, 0.2) is 11.5 Å². The van der Waals surface area contributed by atoms with Crippen molar-refractivity contribution in [1.82, 2.24) is 0 Å². The van der Waals surface area contributed by atoms with E-state index in [-0.39, 0.29) is 11.7 Å². The average molecular weight is 250 g/mol. The summed E-state index contributed by atoms with van der Waals surface area (Å²) in [7, 11) is 0. The van der Waals surface area contributed by atoms with E-state index in [4.69, 9.17) is 14.7 Å². The predicted molar refractivity (Wildman–Crippen MR) is 64.1 cm³/mol. The van der Waals surface area contributed by atoms with Crippen molar-refractivity contribution < 1.29 is 14.3 Å². The first-order chi connectivity index (χ1) is 8.29. The number of hydrogen-bond donors (Lipinski definition) is 1. The zero-order valence-corrected chi connectivity index (χ0v) is 9.75. The highest BCUT2D eigenvalue weighted by Crippen LogP contribution is 2.32. The normalized spacial score (nSPS) is 12.6. The van der Waals surface area contributed by atoms with Crippen molar-refractivity contribution in [2.45, 2.75) is 0 Å². The summed E-state index contributed by atoms with van der Waals surface area (Å²) in [6.07, 6.45) is 0. The summed E-state index contributed by atoms with van der Waals surface area (Å²) < 4.78 is 10.8. The van der Waals surface area contributed by atoms with Gasteiger partial charge in [0, 0.05) is 11.8 Å². The molecule has 1 aliphatic heterocycles. The maximum absolute atomic E-state index is 11.4. The second-order valence-electron chi connectivity index (χ2n) is 3.29. The maximum atomic E-state index is 11.4. The van der Waals surface area contributed by atoms with Gasteiger partial charge in [0.05, 0.1) is 5.75 Å². The molecule has 0 bridgehead atoms. The van der Waals surface area contributed by atoms with Gasteiger partial charge < -0.3 is 14.8 Å². The van der Waals surface area contributed by atoms with Crippen molar-refractivity contribution in [2.24, 2.45) is 0 Å². The van der Waals surface area contributed by atoms with Gasteiger partial charge in [-0.1, -0.05) is 0 Å². The Kier molecular flexibility index (Phi) is 3.73. The third-order valence-corrected chi connectivity index (χ3v) is 2.63. The number of thioether (sulfide) groups is 1. The number of benzene rings is 1. The molecule has 0 spiro atoms. The smallest absolute Gasteiger partial charge is 0.235 e. The van der Waals surface area contributed by atoms with Crippen molar-refractivity contribution >= 4 is 23.4 Å². The second kappa shape index (κ2) is 5.46. The Balaban J connectivity index is 2.02. The van der Waals surface area contributed by atoms with Crippen LogP contribution < -0.4 is 14.8 Å². The quantitative estimate of drug-likeness (QED) is 0.825. The van der Waals surface area contributed by atoms with Gasteiger partial charge in [0.25, 0.3) is 0 Å². The van der Waals surface area contributed by atoms with Gasteiger partial charge in [-0.15, -0.1) is 0 Å². The Bertz CT molecular complexity index is 470. The molecule has 2 rings (SSSR count). The summed E-state index contributed by atoms with van der Waals surface area (Å²) in [5.41, 5.74) is 0.637. The van der Waals surface area contributed by atoms with E-state index < -0.39 is 0 Å². The number of nitrogens with zero attached hydrogens (tertiary/aromatic N) is 1. The van der Waals surface area contributed by atoms with Crippen LogP contribution in [0.15, 0.2) is 18.2 Å². The van der Waals surface area contributed by atoms with E-state index in [2.05, 4.69) is 5.32 Å². The molecule has 6 heteroatoms. The van der Waals surface area contributed by atoms with Crippen LogP contribution >= 0.6 is 11.8 Å². The number of fused-ring (bicyclic) bond motifs is 1. The van der Waals surface area contributed by atoms with Crippen LogP contribution in [0.2, 0.25) is 0 Å². The minimum Gasteiger partial charge on any atom is -0.486 e. The molecule has 5 nitrogen and oxygen atoms in total. The Morgan fingerprint density at radius 3 is 2.94 bits per heavy atom. The second-order valence-corrected chi connectivity index (χ2v) is 4.05. The molecule has 88 valence electrons. The Hall–Kier alpha value is -1.87. The van der Waals surface area contributed by atoms with E-state index in [1.807, 2.05) is 5.40 Å². The van der Waals surface area contributed by atoms with E-state index in [1.54, 1.807) is 18.2 Å². The maximum Gasteiger partial charge on any atom is 0.235 e. The third-order valence-electron chi connectivity index (χ3n) is 2.09. The number of thiocyanates is 1. The number of hydrogen-bond acceptors (Lipinski definition) is 5. The molecule has 0 fully saturated rings. The highest BCUT2D eigenvalue weighted by Gasteiger charge is 2.12. The molecule has 0 radical (unpaired) electrons. The van der Waals surface area contributed by atoms with Crippen LogP contribution in [0.25, 0.3) is 0 Å². The lowest BCUT2D eigenvalue weighted by molar-refractivity contribution is -0.113. The molecule has 0 aliphatic carbocycles. The SMILES string of the molecule is N#CSCC(=O)Nc1ccc2c(c1)OCCO2. The van der Waals surface area contributed by atoms with Gasteiger partial charge in [-0.05, 0) is 23.9 Å². The molecule has 1 aromatic rings. The summed E-state index contributed by atoms with van der Waals surface area (Å²) >= 11 is 0.902. The van der Waals surface area contributed by atoms with Gasteiger partial charge >= 0.3 is 0 Å². The lowest BCUT2D eigenvalue weighted by Gasteiger charge is -2.18. The van der Waals surface area contributed by atoms with Gasteiger partial charge in [0.1, 0.15) is 18.6 Å². The Labute approximate surface area is 103 Å². The summed E-state index contributed by atoms with van der Waals surface area (Å²) in [6, 6.07) is 5.20. The summed E-state index contributed by atoms with van der Waals surface area (Å²) in [4.78, 5) is 11.4. The molecule has 0 saturated carbocycles. The minimum absolute atomic E-state index is 0.116. The molecule has 0 saturated heterocycles. The highest BCUT2D eigenvalue weighted by atomic mass is 32.2. The monoisotopic (exact) mass is 250 g/mol. The number of rotatable bonds is 3. The topological polar surface area (TPSA) is 71.4 Å². The van der Waals surface area contributed by atoms with Crippen LogP contribution in [0.5, 0.6) is 11.5 Å². The van der Waals surface area contributed by atoms with Gasteiger partial charge in [-0.2, -0.15) is 5.26 Å². The number of carbonyl (C=O) groups is 1. The molecule has 0 atom stereocenters. The third kappa shape index (κ3) is 3.04. The molecule has 0 unspecified atom stereocenters. The summed E-state index contributed by atoms with van der Waals surface area (Å²) in [5, 5.41) is 12.9. The van der Waals surface area contributed by atoms with E-state index in [0.717, 1.165) is 11.8 Å². The fourth-order valence-electron chi connectivity index (χ4n) is 1.42. The van der Waals surface area contributed by atoms with Crippen LogP contribution in [-0.2, 0) is 4.79 Å². The molecule has 0 aromatic heterocycles. The van der Waals surface area contributed by atoms with Crippen molar-refractivity contribution in [3.8, 4) is 16.9 Å². The molecule has 1 aromatic carbocycles. The van der Waals surface area contributed by atoms with E-state index in [0.29, 0.717) is 30.4 Å². The van der Waals surface area contributed by atoms with Crippen LogP contribution in [0.4, 0.5) is 5.69 Å². The van der Waals surface area contributed by atoms with Crippen molar-refractivity contribution in [2.75, 3.05) is 24.3 Å². The summed E-state index contributed by atoms with van der Waals surface area (Å²) in [6.45, 7) is 1.05. The number of nitriles is 1. The first-order valence-electron chi connectivity index (χ1n) is 5.00. The molecule has 1 aliphatic rings. The van der Waals surface area contributed by atoms with Crippen LogP contribution in [0.1, 0.15) is 0 Å². The first-order valence-corrected chi connectivity index (χ1v) is 5.98. The number of anilines is 1. The number of nitrogens with one attached hydrogen (secondary N) is 1. The largest absolute Gasteiger partial charge is 0.486 e. The van der Waals surface area contributed by atoms with Crippen LogP contribution in [0, 0.1) is 10.7 Å². The van der Waals surface area contributed by atoms with E-state index >= 15 is 0 Å². The van der Waals surface area contributed by atoms with Crippen LogP contribution in [-0.4, -0.2) is 24.9 Å². The molecular weight excluding hydrogens is 240 g/mol. The Morgan fingerprint density at radius 1 is 1.41 bits per heavy atom. The van der Waals surface area contributed by atoms with E-state index in [1.165, 1.54) is 0 Å². The van der Waals surface area contributed by atoms with Crippen LogP contribution in [0.3, 0.4) is 0 Å². The minimum atomic E-state index is -0.215. The lowest BCUT2D eigenvalue weighted by atomic mass is 10.2. The number of ether oxygens (including phenoxy) is 2. The predicted octanol–water partition coefficient (Wildman–Crippen LogP) is 1.61. The fourth-order valence-corrected chi connectivity index (χ4v) is 1.68. The molecule has 1 heterocycles. The molecule has 1 N–H and O–H groups in total. The Morgan fingerprint density at radius 2 is 2.18 bits per heavy atom. The average Bonchev–Trinajstić information content (AvgIpc) is 2.36. The van der Waals surface area contributed by atoms with Crippen molar-refractivity contribution in [3.05, 3.63) is 18.2 Å². The van der Waals surface area contributed by atoms with Crippen molar-refractivity contribution in [1.29, 1.82) is 5.26 Å². The number of carbonyl (C=O) groups excluding carboxylic acids is 1. The first kappa shape index (κ1) is 11.6. The zero-order valence-electron chi connectivity index (χ0n) is 8.93. The molecular formula is C11H10N2O3S. The van der Waals surface area contributed by atoms with Crippen molar-refractivity contribution in [3.63, 3.8) is 0 Å². The van der Waals surface area contributed by atoms with Gasteiger partial charge in [-0.3, -0.25) is 4.79 Å². The zero-order chi connectivity index (χ0) is 12.1. The lowest BCUT2D eigenvalue weighted by Crippen LogP contribution is -2.17. The number of amides is 1. The highest BCUT2D eigenvalue weighted by molar-refractivity contribution is 8.04.